The van der Waals surface area contributed by atoms with Crippen LogP contribution in [0.2, 0.25) is 0 Å². The molecular formula is C25H25N3O3S. The summed E-state index contributed by atoms with van der Waals surface area (Å²) >= 11 is 0. The lowest BCUT2D eigenvalue weighted by molar-refractivity contribution is -0.143. The van der Waals surface area contributed by atoms with Gasteiger partial charge in [-0.15, -0.1) is 0 Å². The van der Waals surface area contributed by atoms with E-state index in [0.29, 0.717) is 25.9 Å². The number of benzene rings is 3. The van der Waals surface area contributed by atoms with Gasteiger partial charge in [0, 0.05) is 43.5 Å². The van der Waals surface area contributed by atoms with E-state index >= 15 is 0 Å². The predicted molar refractivity (Wildman–Crippen MR) is 125 cm³/mol. The molecular weight excluding hydrogens is 422 g/mol. The first-order valence-corrected chi connectivity index (χ1v) is 12.9. The number of hydrogen-bond donors (Lipinski definition) is 0. The summed E-state index contributed by atoms with van der Waals surface area (Å²) in [5.74, 6) is 0.885. The number of sulfonamides is 1. The lowest BCUT2D eigenvalue weighted by Gasteiger charge is -2.50. The fourth-order valence-electron chi connectivity index (χ4n) is 5.37. The van der Waals surface area contributed by atoms with Crippen LogP contribution >= 0.6 is 0 Å². The summed E-state index contributed by atoms with van der Waals surface area (Å²) in [5, 5.41) is 9.68. The van der Waals surface area contributed by atoms with E-state index in [1.165, 1.54) is 17.0 Å². The van der Waals surface area contributed by atoms with Crippen LogP contribution in [0, 0.1) is 0 Å². The highest BCUT2D eigenvalue weighted by Crippen LogP contribution is 2.50. The Labute approximate surface area is 188 Å². The van der Waals surface area contributed by atoms with Crippen molar-refractivity contribution in [1.29, 1.82) is 0 Å². The quantitative estimate of drug-likeness (QED) is 0.593. The molecule has 0 amide bonds. The van der Waals surface area contributed by atoms with Crippen LogP contribution in [-0.4, -0.2) is 48.5 Å². The van der Waals surface area contributed by atoms with Gasteiger partial charge in [0.15, 0.2) is 0 Å². The molecule has 0 N–H and O–H groups in total. The Morgan fingerprint density at radius 3 is 2.50 bits per heavy atom. The lowest BCUT2D eigenvalue weighted by atomic mass is 9.90. The molecule has 0 aromatic heterocycles. The van der Waals surface area contributed by atoms with Gasteiger partial charge in [0.2, 0.25) is 15.7 Å². The van der Waals surface area contributed by atoms with Crippen molar-refractivity contribution in [3.63, 3.8) is 0 Å². The second kappa shape index (κ2) is 7.05. The molecule has 3 aromatic rings. The van der Waals surface area contributed by atoms with Crippen molar-refractivity contribution in [2.24, 2.45) is 5.10 Å². The molecule has 6 nitrogen and oxygen atoms in total. The van der Waals surface area contributed by atoms with Crippen molar-refractivity contribution in [3.8, 4) is 5.75 Å². The van der Waals surface area contributed by atoms with Crippen molar-refractivity contribution in [2.75, 3.05) is 19.3 Å². The van der Waals surface area contributed by atoms with Crippen LogP contribution < -0.4 is 4.74 Å². The number of rotatable bonds is 2. The summed E-state index contributed by atoms with van der Waals surface area (Å²) in [6.07, 6.45) is 3.23. The zero-order valence-electron chi connectivity index (χ0n) is 17.9. The van der Waals surface area contributed by atoms with Crippen LogP contribution in [0.3, 0.4) is 0 Å². The molecule has 3 aliphatic rings. The van der Waals surface area contributed by atoms with E-state index in [2.05, 4.69) is 53.5 Å². The maximum Gasteiger partial charge on any atom is 0.211 e. The average molecular weight is 448 g/mol. The molecule has 7 heteroatoms. The molecule has 164 valence electrons. The molecule has 0 radical (unpaired) electrons. The normalized spacial score (nSPS) is 22.3. The van der Waals surface area contributed by atoms with Crippen LogP contribution in [0.5, 0.6) is 5.75 Å². The predicted octanol–water partition coefficient (Wildman–Crippen LogP) is 4.14. The van der Waals surface area contributed by atoms with E-state index in [0.717, 1.165) is 29.0 Å². The van der Waals surface area contributed by atoms with Gasteiger partial charge in [-0.1, -0.05) is 60.7 Å². The van der Waals surface area contributed by atoms with Gasteiger partial charge in [-0.3, -0.25) is 0 Å². The van der Waals surface area contributed by atoms with E-state index in [1.54, 1.807) is 4.31 Å². The monoisotopic (exact) mass is 447 g/mol. The fourth-order valence-corrected chi connectivity index (χ4v) is 6.21. The molecule has 3 aromatic carbocycles. The van der Waals surface area contributed by atoms with Gasteiger partial charge < -0.3 is 4.74 Å². The van der Waals surface area contributed by atoms with Crippen LogP contribution in [0.15, 0.2) is 71.8 Å². The largest absolute Gasteiger partial charge is 0.466 e. The Kier molecular flexibility index (Phi) is 4.35. The minimum Gasteiger partial charge on any atom is -0.466 e. The minimum atomic E-state index is -3.22. The van der Waals surface area contributed by atoms with Crippen molar-refractivity contribution in [2.45, 2.75) is 31.0 Å². The Bertz CT molecular complexity index is 1340. The minimum absolute atomic E-state index is 0.0821. The Morgan fingerprint density at radius 2 is 1.69 bits per heavy atom. The lowest BCUT2D eigenvalue weighted by Crippen LogP contribution is -2.59. The molecule has 3 aliphatic heterocycles. The second-order valence-corrected chi connectivity index (χ2v) is 10.9. The Hall–Kier alpha value is -2.90. The van der Waals surface area contributed by atoms with Gasteiger partial charge in [-0.05, 0) is 16.8 Å². The third kappa shape index (κ3) is 3.03. The molecule has 0 aliphatic carbocycles. The first kappa shape index (κ1) is 19.8. The molecule has 32 heavy (non-hydrogen) atoms. The van der Waals surface area contributed by atoms with Crippen molar-refractivity contribution in [1.82, 2.24) is 9.31 Å². The summed E-state index contributed by atoms with van der Waals surface area (Å²) in [6.45, 7) is 0.868. The van der Waals surface area contributed by atoms with Gasteiger partial charge in [0.25, 0.3) is 0 Å². The van der Waals surface area contributed by atoms with Gasteiger partial charge in [0.1, 0.15) is 5.75 Å². The number of ether oxygens (including phenoxy) is 1. The fraction of sp³-hybridized carbons (Fsp3) is 0.320. The third-order valence-corrected chi connectivity index (χ3v) is 8.28. The number of nitrogens with zero attached hydrogens (tertiary/aromatic N) is 3. The number of hydrazone groups is 1. The molecule has 6 rings (SSSR count). The molecule has 1 fully saturated rings. The van der Waals surface area contributed by atoms with Gasteiger partial charge in [-0.2, -0.15) is 5.10 Å². The number of piperidine rings is 1. The van der Waals surface area contributed by atoms with Gasteiger partial charge >= 0.3 is 0 Å². The average Bonchev–Trinajstić information content (AvgIpc) is 3.25. The standard InChI is InChI=1S/C25H25N3O3S/c1-32(29,30)27-15-13-25(14-16-27)28-23(21-10-4-5-12-24(21)31-25)17-22(26-28)20-11-6-8-18-7-2-3-9-19(18)20/h2-12,23H,13-17H2,1H3/t23-/m0/s1. The van der Waals surface area contributed by atoms with Gasteiger partial charge in [0.05, 0.1) is 18.0 Å². The van der Waals surface area contributed by atoms with E-state index < -0.39 is 15.7 Å². The summed E-state index contributed by atoms with van der Waals surface area (Å²) in [6, 6.07) is 23.0. The molecule has 1 saturated heterocycles. The topological polar surface area (TPSA) is 62.2 Å². The van der Waals surface area contributed by atoms with Crippen molar-refractivity contribution in [3.05, 3.63) is 77.9 Å². The van der Waals surface area contributed by atoms with Crippen LogP contribution in [0.4, 0.5) is 0 Å². The molecule has 0 bridgehead atoms. The molecule has 0 saturated carbocycles. The summed E-state index contributed by atoms with van der Waals surface area (Å²) in [4.78, 5) is 0. The van der Waals surface area contributed by atoms with Crippen LogP contribution in [0.1, 0.15) is 36.4 Å². The van der Waals surface area contributed by atoms with E-state index in [4.69, 9.17) is 9.84 Å². The number of hydrogen-bond acceptors (Lipinski definition) is 5. The third-order valence-electron chi connectivity index (χ3n) is 6.98. The van der Waals surface area contributed by atoms with Gasteiger partial charge in [-0.25, -0.2) is 17.7 Å². The Morgan fingerprint density at radius 1 is 0.969 bits per heavy atom. The molecule has 0 unspecified atom stereocenters. The Balaban J connectivity index is 1.44. The highest BCUT2D eigenvalue weighted by Gasteiger charge is 2.52. The van der Waals surface area contributed by atoms with Crippen molar-refractivity contribution >= 4 is 26.5 Å². The number of fused-ring (bicyclic) bond motifs is 5. The molecule has 1 atom stereocenters. The summed E-state index contributed by atoms with van der Waals surface area (Å²) in [7, 11) is -3.22. The van der Waals surface area contributed by atoms with E-state index in [-0.39, 0.29) is 6.04 Å². The summed E-state index contributed by atoms with van der Waals surface area (Å²) in [5.41, 5.74) is 2.71. The highest BCUT2D eigenvalue weighted by molar-refractivity contribution is 7.88. The van der Waals surface area contributed by atoms with E-state index in [9.17, 15) is 8.42 Å². The zero-order valence-corrected chi connectivity index (χ0v) is 18.8. The zero-order chi connectivity index (χ0) is 21.9. The molecule has 3 heterocycles. The smallest absolute Gasteiger partial charge is 0.211 e. The maximum atomic E-state index is 12.1. The SMILES string of the molecule is CS(=O)(=O)N1CCC2(CC1)Oc1ccccc1[C@@H]1CC(c3cccc4ccccc34)=NN12. The number of para-hydroxylation sites is 1. The van der Waals surface area contributed by atoms with Crippen LogP contribution in [-0.2, 0) is 10.0 Å². The van der Waals surface area contributed by atoms with Crippen LogP contribution in [0.25, 0.3) is 10.8 Å². The first-order chi connectivity index (χ1) is 15.4. The highest BCUT2D eigenvalue weighted by atomic mass is 32.2. The maximum absolute atomic E-state index is 12.1. The first-order valence-electron chi connectivity index (χ1n) is 11.0. The molecule has 1 spiro atoms. The second-order valence-electron chi connectivity index (χ2n) is 8.89. The van der Waals surface area contributed by atoms with Crippen molar-refractivity contribution < 1.29 is 13.2 Å². The van der Waals surface area contributed by atoms with E-state index in [1.807, 2.05) is 18.2 Å². The summed E-state index contributed by atoms with van der Waals surface area (Å²) < 4.78 is 32.3.